The van der Waals surface area contributed by atoms with Gasteiger partial charge in [0.25, 0.3) is 0 Å². The number of phenolic OH excluding ortho intramolecular Hbond substituents is 1. The lowest BCUT2D eigenvalue weighted by atomic mass is 9.71. The Hall–Kier alpha value is -3.72. The second kappa shape index (κ2) is 10.3. The maximum absolute atomic E-state index is 12.2. The minimum atomic E-state index is -0.492. The molecule has 0 aliphatic carbocycles. The third kappa shape index (κ3) is 4.00. The summed E-state index contributed by atoms with van der Waals surface area (Å²) in [5.41, 5.74) is 5.19. The van der Waals surface area contributed by atoms with E-state index in [1.54, 1.807) is 14.2 Å². The summed E-state index contributed by atoms with van der Waals surface area (Å²) in [6.07, 6.45) is 1.09. The van der Waals surface area contributed by atoms with Crippen molar-refractivity contribution in [2.45, 2.75) is 63.8 Å². The number of fused-ring (bicyclic) bond motifs is 9. The van der Waals surface area contributed by atoms with Crippen LogP contribution in [-0.4, -0.2) is 80.3 Å². The molecule has 0 aromatic heterocycles. The van der Waals surface area contributed by atoms with Gasteiger partial charge in [0.05, 0.1) is 25.3 Å². The summed E-state index contributed by atoms with van der Waals surface area (Å²) in [6, 6.07) is 3.25. The van der Waals surface area contributed by atoms with Gasteiger partial charge in [-0.15, -0.1) is 0 Å². The molecule has 4 aliphatic heterocycles. The number of aryl methyl sites for hydroxylation is 1. The summed E-state index contributed by atoms with van der Waals surface area (Å²) in [5, 5.41) is 25.2. The normalized spacial score (nSPS) is 25.9. The van der Waals surface area contributed by atoms with Gasteiger partial charge in [-0.3, -0.25) is 14.6 Å². The van der Waals surface area contributed by atoms with E-state index in [4.69, 9.17) is 23.7 Å². The van der Waals surface area contributed by atoms with Crippen LogP contribution in [0.2, 0.25) is 0 Å². The molecule has 0 spiro atoms. The third-order valence-corrected chi connectivity index (χ3v) is 9.14. The van der Waals surface area contributed by atoms with Crippen LogP contribution in [0.5, 0.6) is 28.7 Å². The second-order valence-electron chi connectivity index (χ2n) is 11.2. The van der Waals surface area contributed by atoms with Crippen molar-refractivity contribution in [3.63, 3.8) is 0 Å². The van der Waals surface area contributed by atoms with E-state index in [1.807, 2.05) is 13.8 Å². The molecule has 4 heterocycles. The Kier molecular flexibility index (Phi) is 6.88. The van der Waals surface area contributed by atoms with Gasteiger partial charge in [0.1, 0.15) is 11.8 Å². The van der Waals surface area contributed by atoms with Crippen molar-refractivity contribution in [2.75, 3.05) is 41.4 Å². The van der Waals surface area contributed by atoms with Gasteiger partial charge in [-0.25, -0.2) is 0 Å². The van der Waals surface area contributed by atoms with Crippen molar-refractivity contribution in [1.29, 1.82) is 5.26 Å². The van der Waals surface area contributed by atoms with E-state index in [0.29, 0.717) is 41.4 Å². The lowest BCUT2D eigenvalue weighted by Gasteiger charge is -2.60. The molecule has 1 fully saturated rings. The first-order valence-electron chi connectivity index (χ1n) is 13.8. The number of hydrogen-bond acceptors (Lipinski definition) is 10. The maximum Gasteiger partial charge on any atom is 0.231 e. The van der Waals surface area contributed by atoms with Crippen molar-refractivity contribution in [1.82, 2.24) is 15.1 Å². The molecule has 5 atom stereocenters. The zero-order valence-corrected chi connectivity index (χ0v) is 24.2. The predicted molar refractivity (Wildman–Crippen MR) is 147 cm³/mol. The van der Waals surface area contributed by atoms with Gasteiger partial charge in [-0.05, 0) is 44.9 Å². The van der Waals surface area contributed by atoms with Crippen molar-refractivity contribution in [2.24, 2.45) is 0 Å². The fraction of sp³-hybridized carbons (Fsp3) is 0.533. The van der Waals surface area contributed by atoms with E-state index in [2.05, 4.69) is 34.3 Å². The first kappa shape index (κ1) is 27.4. The zero-order valence-electron chi connectivity index (χ0n) is 24.2. The summed E-state index contributed by atoms with van der Waals surface area (Å²) in [6.45, 7) is 5.63. The molecular formula is C30H36N4O7. The summed E-state index contributed by atoms with van der Waals surface area (Å²) in [7, 11) is 5.26. The number of carbonyl (C=O) groups is 1. The van der Waals surface area contributed by atoms with Crippen LogP contribution in [0.1, 0.15) is 52.4 Å². The predicted octanol–water partition coefficient (Wildman–Crippen LogP) is 2.64. The van der Waals surface area contributed by atoms with Crippen LogP contribution in [-0.2, 0) is 22.4 Å². The summed E-state index contributed by atoms with van der Waals surface area (Å²) in [4.78, 5) is 16.7. The number of nitrogens with zero attached hydrogens (tertiary/aromatic N) is 3. The molecule has 4 aliphatic rings. The Morgan fingerprint density at radius 1 is 1.17 bits per heavy atom. The molecule has 4 unspecified atom stereocenters. The topological polar surface area (TPSA) is 126 Å². The fourth-order valence-corrected chi connectivity index (χ4v) is 7.52. The van der Waals surface area contributed by atoms with Crippen LogP contribution in [0.25, 0.3) is 0 Å². The highest BCUT2D eigenvalue weighted by Gasteiger charge is 2.56. The number of nitrogens with one attached hydrogen (secondary N) is 1. The number of rotatable bonds is 6. The number of amides is 1. The van der Waals surface area contributed by atoms with E-state index in [0.717, 1.165) is 27.8 Å². The number of methoxy groups -OCH3 is 2. The average molecular weight is 565 g/mol. The summed E-state index contributed by atoms with van der Waals surface area (Å²) >= 11 is 0. The van der Waals surface area contributed by atoms with Gasteiger partial charge in [0.2, 0.25) is 12.7 Å². The SMILES string of the molecule is COCOc1c(OC)c(C)cc2c1C1[C@@H]3Cc4c(O)c(C)c5c(c4C(CNC(C)=O)N3C(C#N)C(C2)N1C)OCO5. The van der Waals surface area contributed by atoms with Crippen LogP contribution < -0.4 is 24.3 Å². The van der Waals surface area contributed by atoms with Crippen LogP contribution in [0.15, 0.2) is 6.07 Å². The largest absolute Gasteiger partial charge is 0.507 e. The molecule has 2 aromatic carbocycles. The molecule has 0 radical (unpaired) electrons. The molecule has 1 saturated heterocycles. The highest BCUT2D eigenvalue weighted by Crippen LogP contribution is 2.58. The first-order valence-corrected chi connectivity index (χ1v) is 13.8. The number of benzene rings is 2. The van der Waals surface area contributed by atoms with Crippen molar-refractivity contribution in [3.05, 3.63) is 39.4 Å². The summed E-state index contributed by atoms with van der Waals surface area (Å²) < 4.78 is 29.1. The Bertz CT molecular complexity index is 1450. The average Bonchev–Trinajstić information content (AvgIpc) is 3.43. The monoisotopic (exact) mass is 564 g/mol. The zero-order chi connectivity index (χ0) is 29.2. The minimum absolute atomic E-state index is 0.0464. The van der Waals surface area contributed by atoms with Crippen LogP contribution in [0, 0.1) is 25.2 Å². The van der Waals surface area contributed by atoms with Gasteiger partial charge in [-0.1, -0.05) is 6.07 Å². The Morgan fingerprint density at radius 2 is 1.93 bits per heavy atom. The second-order valence-corrected chi connectivity index (χ2v) is 11.2. The molecule has 2 bridgehead atoms. The maximum atomic E-state index is 12.2. The van der Waals surface area contributed by atoms with Gasteiger partial charge in [-0.2, -0.15) is 5.26 Å². The number of likely N-dealkylation sites (N-methyl/N-ethyl adjacent to an activating group) is 1. The van der Waals surface area contributed by atoms with Crippen LogP contribution in [0.4, 0.5) is 0 Å². The molecule has 11 nitrogen and oxygen atoms in total. The molecular weight excluding hydrogens is 528 g/mol. The van der Waals surface area contributed by atoms with Crippen molar-refractivity contribution >= 4 is 5.91 Å². The molecule has 218 valence electrons. The molecule has 2 aromatic rings. The van der Waals surface area contributed by atoms with Gasteiger partial charge in [0.15, 0.2) is 29.8 Å². The van der Waals surface area contributed by atoms with Gasteiger partial charge >= 0.3 is 0 Å². The van der Waals surface area contributed by atoms with E-state index in [-0.39, 0.29) is 49.9 Å². The van der Waals surface area contributed by atoms with Crippen molar-refractivity contribution in [3.8, 4) is 34.8 Å². The fourth-order valence-electron chi connectivity index (χ4n) is 7.52. The minimum Gasteiger partial charge on any atom is -0.507 e. The molecule has 1 amide bonds. The quantitative estimate of drug-likeness (QED) is 0.506. The van der Waals surface area contributed by atoms with E-state index in [1.165, 1.54) is 6.92 Å². The van der Waals surface area contributed by atoms with Crippen molar-refractivity contribution < 1.29 is 33.6 Å². The number of nitriles is 1. The Morgan fingerprint density at radius 3 is 2.61 bits per heavy atom. The summed E-state index contributed by atoms with van der Waals surface area (Å²) in [5.74, 6) is 2.34. The number of aromatic hydroxyl groups is 1. The standard InChI is InChI=1S/C30H36N4O7/c1-14-7-17-8-19-21(10-31)34-20(25(33(19)4)23(17)29(27(14)38-6)39-12-37-5)9-18-24(22(34)11-32-16(3)35)30-28(40-13-41-30)15(2)26(18)36/h7,19-22,25,36H,8-9,11-13H2,1-6H3,(H,32,35)/t19?,20-,21?,22?,25?/m0/s1. The van der Waals surface area contributed by atoms with E-state index < -0.39 is 12.1 Å². The molecule has 6 rings (SSSR count). The highest BCUT2D eigenvalue weighted by atomic mass is 16.7. The van der Waals surface area contributed by atoms with Crippen LogP contribution >= 0.6 is 0 Å². The van der Waals surface area contributed by atoms with E-state index in [9.17, 15) is 15.2 Å². The van der Waals surface area contributed by atoms with Gasteiger partial charge < -0.3 is 34.1 Å². The number of carbonyl (C=O) groups excluding carboxylic acids is 1. The molecule has 2 N–H and O–H groups in total. The third-order valence-electron chi connectivity index (χ3n) is 9.14. The molecule has 11 heteroatoms. The lowest BCUT2D eigenvalue weighted by molar-refractivity contribution is -0.120. The molecule has 41 heavy (non-hydrogen) atoms. The molecule has 0 saturated carbocycles. The number of phenols is 1. The Balaban J connectivity index is 1.60. The first-order chi connectivity index (χ1) is 19.7. The van der Waals surface area contributed by atoms with Gasteiger partial charge in [0, 0.05) is 54.9 Å². The smallest absolute Gasteiger partial charge is 0.231 e. The number of hydrogen-bond donors (Lipinski definition) is 2. The Labute approximate surface area is 239 Å². The van der Waals surface area contributed by atoms with E-state index >= 15 is 0 Å². The van der Waals surface area contributed by atoms with Crippen LogP contribution in [0.3, 0.4) is 0 Å². The number of ether oxygens (including phenoxy) is 5. The lowest BCUT2D eigenvalue weighted by Crippen LogP contribution is -2.68. The highest BCUT2D eigenvalue weighted by molar-refractivity contribution is 5.73. The number of piperazine rings is 1.